The van der Waals surface area contributed by atoms with Gasteiger partial charge in [-0.25, -0.2) is 0 Å². The summed E-state index contributed by atoms with van der Waals surface area (Å²) in [7, 11) is 3.56. The van der Waals surface area contributed by atoms with E-state index in [1.165, 1.54) is 0 Å². The van der Waals surface area contributed by atoms with Crippen LogP contribution in [0.25, 0.3) is 0 Å². The van der Waals surface area contributed by atoms with Gasteiger partial charge >= 0.3 is 0 Å². The van der Waals surface area contributed by atoms with Crippen LogP contribution in [0.15, 0.2) is 0 Å². The van der Waals surface area contributed by atoms with E-state index < -0.39 is 5.79 Å². The lowest BCUT2D eigenvalue weighted by atomic mass is 9.77. The van der Waals surface area contributed by atoms with Crippen LogP contribution in [0.3, 0.4) is 0 Å². The zero-order chi connectivity index (χ0) is 11.5. The van der Waals surface area contributed by atoms with Gasteiger partial charge in [-0.15, -0.1) is 0 Å². The van der Waals surface area contributed by atoms with Crippen LogP contribution in [0.1, 0.15) is 26.7 Å². The Morgan fingerprint density at radius 2 is 1.73 bits per heavy atom. The van der Waals surface area contributed by atoms with E-state index in [0.29, 0.717) is 26.1 Å². The van der Waals surface area contributed by atoms with Crippen LogP contribution >= 0.6 is 0 Å². The molecule has 88 valence electrons. The number of nitrogens with zero attached hydrogens (tertiary/aromatic N) is 1. The second-order valence-corrected chi connectivity index (χ2v) is 4.11. The third-order valence-corrected chi connectivity index (χ3v) is 2.72. The molecule has 0 spiro atoms. The standard InChI is InChI=1S/C11H21NO3/c1-5-14-11(15-6-2)7-9(8-11)10(13)12(3)4/h9H,5-8H2,1-4H3. The average Bonchev–Trinajstić information content (AvgIpc) is 2.12. The van der Waals surface area contributed by atoms with E-state index in [9.17, 15) is 4.79 Å². The Kier molecular flexibility index (Phi) is 4.11. The predicted octanol–water partition coefficient (Wildman–Crippen LogP) is 1.25. The molecule has 4 nitrogen and oxygen atoms in total. The molecule has 0 aromatic heterocycles. The summed E-state index contributed by atoms with van der Waals surface area (Å²) in [6, 6.07) is 0. The molecule has 1 fully saturated rings. The summed E-state index contributed by atoms with van der Waals surface area (Å²) in [5, 5.41) is 0. The van der Waals surface area contributed by atoms with Crippen LogP contribution in [-0.2, 0) is 14.3 Å². The molecular weight excluding hydrogens is 194 g/mol. The smallest absolute Gasteiger partial charge is 0.225 e. The van der Waals surface area contributed by atoms with Gasteiger partial charge in [0.15, 0.2) is 5.79 Å². The van der Waals surface area contributed by atoms with Gasteiger partial charge in [-0.3, -0.25) is 4.79 Å². The third kappa shape index (κ3) is 2.69. The summed E-state index contributed by atoms with van der Waals surface area (Å²) in [6.07, 6.45) is 1.37. The summed E-state index contributed by atoms with van der Waals surface area (Å²) < 4.78 is 11.1. The Hall–Kier alpha value is -0.610. The van der Waals surface area contributed by atoms with Crippen LogP contribution in [0.5, 0.6) is 0 Å². The molecule has 1 aliphatic rings. The van der Waals surface area contributed by atoms with Crippen molar-refractivity contribution < 1.29 is 14.3 Å². The highest BCUT2D eigenvalue weighted by Crippen LogP contribution is 2.42. The molecule has 1 aliphatic carbocycles. The minimum absolute atomic E-state index is 0.0677. The lowest BCUT2D eigenvalue weighted by Crippen LogP contribution is -2.53. The van der Waals surface area contributed by atoms with Gasteiger partial charge in [0.25, 0.3) is 0 Å². The molecule has 1 amide bonds. The molecule has 0 unspecified atom stereocenters. The van der Waals surface area contributed by atoms with E-state index in [4.69, 9.17) is 9.47 Å². The summed E-state index contributed by atoms with van der Waals surface area (Å²) in [5.41, 5.74) is 0. The fourth-order valence-electron chi connectivity index (χ4n) is 2.03. The van der Waals surface area contributed by atoms with Crippen LogP contribution in [0.4, 0.5) is 0 Å². The Bertz CT molecular complexity index is 214. The molecule has 0 saturated heterocycles. The molecule has 0 N–H and O–H groups in total. The molecule has 0 aliphatic heterocycles. The minimum atomic E-state index is -0.486. The van der Waals surface area contributed by atoms with Gasteiger partial charge in [-0.1, -0.05) is 0 Å². The zero-order valence-corrected chi connectivity index (χ0v) is 10.1. The van der Waals surface area contributed by atoms with Gasteiger partial charge in [0.05, 0.1) is 0 Å². The number of carbonyl (C=O) groups excluding carboxylic acids is 1. The molecule has 1 rings (SSSR count). The Labute approximate surface area is 91.5 Å². The molecule has 0 aromatic carbocycles. The van der Waals surface area contributed by atoms with Crippen molar-refractivity contribution in [1.82, 2.24) is 4.90 Å². The third-order valence-electron chi connectivity index (χ3n) is 2.72. The van der Waals surface area contributed by atoms with Gasteiger partial charge < -0.3 is 14.4 Å². The summed E-state index contributed by atoms with van der Waals surface area (Å²) >= 11 is 0. The van der Waals surface area contributed by atoms with Gasteiger partial charge in [0.1, 0.15) is 0 Å². The maximum Gasteiger partial charge on any atom is 0.225 e. The number of hydrogen-bond donors (Lipinski definition) is 0. The zero-order valence-electron chi connectivity index (χ0n) is 10.1. The van der Waals surface area contributed by atoms with Crippen molar-refractivity contribution in [2.24, 2.45) is 5.92 Å². The molecule has 0 atom stereocenters. The first-order chi connectivity index (χ1) is 7.04. The van der Waals surface area contributed by atoms with Crippen molar-refractivity contribution in [3.05, 3.63) is 0 Å². The normalized spacial score (nSPS) is 19.7. The van der Waals surface area contributed by atoms with Crippen molar-refractivity contribution in [3.8, 4) is 0 Å². The Morgan fingerprint density at radius 1 is 1.27 bits per heavy atom. The van der Waals surface area contributed by atoms with Gasteiger partial charge in [-0.05, 0) is 13.8 Å². The van der Waals surface area contributed by atoms with Crippen molar-refractivity contribution >= 4 is 5.91 Å². The number of amides is 1. The van der Waals surface area contributed by atoms with Crippen LogP contribution < -0.4 is 0 Å². The Balaban J connectivity index is 2.46. The van der Waals surface area contributed by atoms with Crippen LogP contribution in [0.2, 0.25) is 0 Å². The molecule has 4 heteroatoms. The molecule has 0 heterocycles. The second-order valence-electron chi connectivity index (χ2n) is 4.11. The Morgan fingerprint density at radius 3 is 2.07 bits per heavy atom. The number of carbonyl (C=O) groups is 1. The predicted molar refractivity (Wildman–Crippen MR) is 57.4 cm³/mol. The topological polar surface area (TPSA) is 38.8 Å². The second kappa shape index (κ2) is 4.94. The molecule has 0 bridgehead atoms. The summed E-state index contributed by atoms with van der Waals surface area (Å²) in [6.45, 7) is 5.15. The molecule has 15 heavy (non-hydrogen) atoms. The first kappa shape index (κ1) is 12.5. The summed E-state index contributed by atoms with van der Waals surface area (Å²) in [4.78, 5) is 13.3. The van der Waals surface area contributed by atoms with Crippen LogP contribution in [0, 0.1) is 5.92 Å². The fourth-order valence-corrected chi connectivity index (χ4v) is 2.03. The number of rotatable bonds is 5. The number of hydrogen-bond acceptors (Lipinski definition) is 3. The SMILES string of the molecule is CCOC1(OCC)CC(C(=O)N(C)C)C1. The van der Waals surface area contributed by atoms with E-state index in [0.717, 1.165) is 0 Å². The fraction of sp³-hybridized carbons (Fsp3) is 0.909. The van der Waals surface area contributed by atoms with Crippen molar-refractivity contribution in [2.45, 2.75) is 32.5 Å². The first-order valence-electron chi connectivity index (χ1n) is 5.53. The highest BCUT2D eigenvalue weighted by molar-refractivity contribution is 5.79. The molecule has 0 aromatic rings. The molecule has 1 saturated carbocycles. The highest BCUT2D eigenvalue weighted by Gasteiger charge is 2.49. The largest absolute Gasteiger partial charge is 0.350 e. The van der Waals surface area contributed by atoms with Crippen molar-refractivity contribution in [3.63, 3.8) is 0 Å². The maximum atomic E-state index is 11.6. The molecule has 0 radical (unpaired) electrons. The van der Waals surface area contributed by atoms with Gasteiger partial charge in [0.2, 0.25) is 5.91 Å². The van der Waals surface area contributed by atoms with Crippen molar-refractivity contribution in [2.75, 3.05) is 27.3 Å². The van der Waals surface area contributed by atoms with E-state index in [1.807, 2.05) is 13.8 Å². The number of ether oxygens (including phenoxy) is 2. The quantitative estimate of drug-likeness (QED) is 0.648. The monoisotopic (exact) mass is 215 g/mol. The minimum Gasteiger partial charge on any atom is -0.350 e. The van der Waals surface area contributed by atoms with Gasteiger partial charge in [-0.2, -0.15) is 0 Å². The van der Waals surface area contributed by atoms with Crippen LogP contribution in [-0.4, -0.2) is 43.9 Å². The van der Waals surface area contributed by atoms with Gasteiger partial charge in [0, 0.05) is 46.1 Å². The summed E-state index contributed by atoms with van der Waals surface area (Å²) in [5.74, 6) is -0.247. The average molecular weight is 215 g/mol. The van der Waals surface area contributed by atoms with E-state index in [-0.39, 0.29) is 11.8 Å². The lowest BCUT2D eigenvalue weighted by Gasteiger charge is -2.46. The first-order valence-corrected chi connectivity index (χ1v) is 5.53. The lowest BCUT2D eigenvalue weighted by molar-refractivity contribution is -0.288. The molecular formula is C11H21NO3. The highest BCUT2D eigenvalue weighted by atomic mass is 16.7. The van der Waals surface area contributed by atoms with E-state index in [1.54, 1.807) is 19.0 Å². The van der Waals surface area contributed by atoms with E-state index >= 15 is 0 Å². The maximum absolute atomic E-state index is 11.6. The van der Waals surface area contributed by atoms with Crippen molar-refractivity contribution in [1.29, 1.82) is 0 Å². The van der Waals surface area contributed by atoms with E-state index in [2.05, 4.69) is 0 Å².